The number of halogens is 3. The predicted octanol–water partition coefficient (Wildman–Crippen LogP) is 2.77. The van der Waals surface area contributed by atoms with Gasteiger partial charge >= 0.3 is 12.3 Å². The Kier molecular flexibility index (Phi) is 6.22. The fourth-order valence-corrected chi connectivity index (χ4v) is 4.83. The highest BCUT2D eigenvalue weighted by atomic mass is 32.1. The number of primary amides is 1. The molecule has 0 radical (unpaired) electrons. The van der Waals surface area contributed by atoms with Gasteiger partial charge in [0.05, 0.1) is 28.7 Å². The zero-order valence-corrected chi connectivity index (χ0v) is 19.5. The summed E-state index contributed by atoms with van der Waals surface area (Å²) in [6, 6.07) is 6.48. The monoisotopic (exact) mass is 527 g/mol. The second-order valence-corrected chi connectivity index (χ2v) is 8.89. The molecule has 0 saturated carbocycles. The Bertz CT molecular complexity index is 1350. The highest BCUT2D eigenvalue weighted by molar-refractivity contribution is 7.22. The van der Waals surface area contributed by atoms with Crippen LogP contribution in [0.5, 0.6) is 11.5 Å². The van der Waals surface area contributed by atoms with E-state index in [4.69, 9.17) is 10.5 Å². The molecule has 36 heavy (non-hydrogen) atoms. The number of rotatable bonds is 8. The van der Waals surface area contributed by atoms with Crippen molar-refractivity contribution in [3.8, 4) is 11.5 Å². The van der Waals surface area contributed by atoms with Crippen LogP contribution in [0.3, 0.4) is 0 Å². The molecule has 2 aromatic carbocycles. The number of benzene rings is 2. The molecular formula is C21H20F3N5O6S. The van der Waals surface area contributed by atoms with Gasteiger partial charge in [0.25, 0.3) is 0 Å². The van der Waals surface area contributed by atoms with Crippen molar-refractivity contribution in [3.63, 3.8) is 0 Å². The second kappa shape index (κ2) is 8.91. The molecule has 0 fully saturated rings. The number of carboxylic acid groups (broad SMARTS) is 1. The van der Waals surface area contributed by atoms with Gasteiger partial charge in [-0.1, -0.05) is 11.3 Å². The van der Waals surface area contributed by atoms with Crippen LogP contribution in [0.25, 0.3) is 10.2 Å². The van der Waals surface area contributed by atoms with Crippen molar-refractivity contribution in [1.29, 1.82) is 0 Å². The number of methoxy groups -OCH3 is 1. The van der Waals surface area contributed by atoms with E-state index in [2.05, 4.69) is 20.4 Å². The first-order valence-electron chi connectivity index (χ1n) is 10.2. The maximum atomic E-state index is 12.6. The van der Waals surface area contributed by atoms with Crippen LogP contribution in [0, 0.1) is 0 Å². The number of nitrogens with one attached hydrogen (secondary N) is 2. The van der Waals surface area contributed by atoms with E-state index in [0.29, 0.717) is 21.6 Å². The molecule has 1 aliphatic rings. The Morgan fingerprint density at radius 1 is 1.33 bits per heavy atom. The van der Waals surface area contributed by atoms with Gasteiger partial charge in [0.15, 0.2) is 10.9 Å². The number of ether oxygens (including phenoxy) is 2. The molecule has 0 saturated heterocycles. The van der Waals surface area contributed by atoms with Crippen molar-refractivity contribution in [2.75, 3.05) is 29.7 Å². The van der Waals surface area contributed by atoms with Crippen molar-refractivity contribution in [3.05, 3.63) is 35.9 Å². The van der Waals surface area contributed by atoms with Gasteiger partial charge < -0.3 is 41.0 Å². The van der Waals surface area contributed by atoms with Crippen molar-refractivity contribution in [2.24, 2.45) is 5.73 Å². The third-order valence-corrected chi connectivity index (χ3v) is 6.48. The Balaban J connectivity index is 1.74. The molecule has 2 unspecified atom stereocenters. The van der Waals surface area contributed by atoms with Crippen LogP contribution in [0.15, 0.2) is 30.3 Å². The number of aromatic carboxylic acids is 1. The number of aromatic nitrogens is 1. The minimum atomic E-state index is -4.85. The number of aliphatic hydroxyl groups is 1. The maximum Gasteiger partial charge on any atom is 0.573 e. The second-order valence-electron chi connectivity index (χ2n) is 7.86. The fraction of sp³-hybridized carbons (Fsp3) is 0.286. The number of hydrogen-bond acceptors (Lipinski definition) is 10. The largest absolute Gasteiger partial charge is 0.573 e. The van der Waals surface area contributed by atoms with Crippen molar-refractivity contribution in [2.45, 2.75) is 24.7 Å². The lowest BCUT2D eigenvalue weighted by Crippen LogP contribution is -2.58. The molecule has 1 aliphatic heterocycles. The molecule has 0 aliphatic carbocycles. The molecule has 2 heterocycles. The number of carbonyl (C=O) groups is 2. The third-order valence-electron chi connectivity index (χ3n) is 5.55. The highest BCUT2D eigenvalue weighted by Crippen LogP contribution is 2.45. The lowest BCUT2D eigenvalue weighted by Gasteiger charge is -2.39. The Hall–Kier alpha value is -3.98. The molecule has 11 nitrogen and oxygen atoms in total. The van der Waals surface area contributed by atoms with Gasteiger partial charge in [0, 0.05) is 25.6 Å². The smallest absolute Gasteiger partial charge is 0.496 e. The van der Waals surface area contributed by atoms with Crippen LogP contribution in [-0.4, -0.2) is 59.5 Å². The van der Waals surface area contributed by atoms with Crippen molar-refractivity contribution in [1.82, 2.24) is 4.98 Å². The number of thiazole rings is 1. The zero-order chi connectivity index (χ0) is 26.4. The number of alkyl halides is 3. The minimum Gasteiger partial charge on any atom is -0.496 e. The summed E-state index contributed by atoms with van der Waals surface area (Å²) >= 11 is 1.00. The molecule has 0 spiro atoms. The van der Waals surface area contributed by atoms with Gasteiger partial charge in [0.2, 0.25) is 5.91 Å². The maximum absolute atomic E-state index is 12.6. The van der Waals surface area contributed by atoms with Gasteiger partial charge in [-0.15, -0.1) is 13.2 Å². The minimum absolute atomic E-state index is 0.0818. The molecule has 1 amide bonds. The van der Waals surface area contributed by atoms with Gasteiger partial charge in [-0.3, -0.25) is 4.79 Å². The van der Waals surface area contributed by atoms with E-state index in [1.165, 1.54) is 31.4 Å². The Labute approximate surface area is 205 Å². The molecule has 192 valence electrons. The molecule has 15 heteroatoms. The van der Waals surface area contributed by atoms with E-state index in [0.717, 1.165) is 17.4 Å². The summed E-state index contributed by atoms with van der Waals surface area (Å²) in [5, 5.41) is 26.2. The topological polar surface area (TPSA) is 159 Å². The average molecular weight is 527 g/mol. The SMILES string of the molecule is COc1cc2c(cc1C(=O)O)NC(CC(O)C(N)=O)(Nc1nc3ccc(OC(F)(F)F)cc3s1)N2C. The Morgan fingerprint density at radius 2 is 2.06 bits per heavy atom. The summed E-state index contributed by atoms with van der Waals surface area (Å²) in [6.45, 7) is 0. The number of hydrogen-bond donors (Lipinski definition) is 5. The van der Waals surface area contributed by atoms with E-state index in [1.807, 2.05) is 0 Å². The van der Waals surface area contributed by atoms with Crippen LogP contribution in [0.2, 0.25) is 0 Å². The van der Waals surface area contributed by atoms with Crippen LogP contribution < -0.4 is 30.7 Å². The molecule has 0 bridgehead atoms. The number of carbonyl (C=O) groups excluding carboxylic acids is 1. The number of aliphatic hydroxyl groups excluding tert-OH is 1. The van der Waals surface area contributed by atoms with E-state index >= 15 is 0 Å². The summed E-state index contributed by atoms with van der Waals surface area (Å²) < 4.78 is 47.3. The molecule has 3 aromatic rings. The standard InChI is InChI=1S/C21H20F3N5O6S/c1-29-13-7-15(34-2)10(18(32)33)6-12(13)27-20(29,8-14(30)17(25)31)28-19-26-11-4-3-9(5-16(11)36-19)35-21(22,23)24/h3-7,14,27,30H,8H2,1-2H3,(H2,25,31)(H,26,28)(H,32,33). The summed E-state index contributed by atoms with van der Waals surface area (Å²) in [5.41, 5.74) is 6.35. The van der Waals surface area contributed by atoms with E-state index in [1.54, 1.807) is 11.9 Å². The summed E-state index contributed by atoms with van der Waals surface area (Å²) in [6.07, 6.45) is -6.79. The lowest BCUT2D eigenvalue weighted by atomic mass is 10.1. The van der Waals surface area contributed by atoms with Crippen LogP contribution in [0.4, 0.5) is 29.7 Å². The van der Waals surface area contributed by atoms with Crippen molar-refractivity contribution >= 4 is 49.9 Å². The van der Waals surface area contributed by atoms with Gasteiger partial charge in [0.1, 0.15) is 23.2 Å². The fourth-order valence-electron chi connectivity index (χ4n) is 3.86. The quantitative estimate of drug-likeness (QED) is 0.295. The summed E-state index contributed by atoms with van der Waals surface area (Å²) in [4.78, 5) is 29.3. The first-order valence-corrected chi connectivity index (χ1v) is 11.0. The van der Waals surface area contributed by atoms with E-state index in [9.17, 15) is 33.0 Å². The lowest BCUT2D eigenvalue weighted by molar-refractivity contribution is -0.274. The Morgan fingerprint density at radius 3 is 2.67 bits per heavy atom. The summed E-state index contributed by atoms with van der Waals surface area (Å²) in [5.74, 6) is -3.99. The first kappa shape index (κ1) is 25.1. The number of nitrogens with zero attached hydrogens (tertiary/aromatic N) is 2. The van der Waals surface area contributed by atoms with Crippen LogP contribution >= 0.6 is 11.3 Å². The number of fused-ring (bicyclic) bond motifs is 2. The summed E-state index contributed by atoms with van der Waals surface area (Å²) in [7, 11) is 2.93. The number of nitrogens with two attached hydrogens (primary N) is 1. The van der Waals surface area contributed by atoms with Gasteiger partial charge in [-0.25, -0.2) is 9.78 Å². The molecule has 6 N–H and O–H groups in total. The number of carboxylic acids is 1. The zero-order valence-electron chi connectivity index (χ0n) is 18.7. The van der Waals surface area contributed by atoms with Gasteiger partial charge in [-0.2, -0.15) is 0 Å². The normalized spacial score (nSPS) is 17.9. The molecular weight excluding hydrogens is 507 g/mol. The molecule has 4 rings (SSSR count). The first-order chi connectivity index (χ1) is 16.8. The number of anilines is 3. The predicted molar refractivity (Wildman–Crippen MR) is 124 cm³/mol. The van der Waals surface area contributed by atoms with Gasteiger partial charge in [-0.05, 0) is 18.2 Å². The van der Waals surface area contributed by atoms with E-state index in [-0.39, 0.29) is 22.9 Å². The average Bonchev–Trinajstić information content (AvgIpc) is 3.29. The van der Waals surface area contributed by atoms with Crippen LogP contribution in [-0.2, 0) is 4.79 Å². The van der Waals surface area contributed by atoms with Crippen LogP contribution in [0.1, 0.15) is 16.8 Å². The van der Waals surface area contributed by atoms with E-state index < -0.39 is 35.9 Å². The van der Waals surface area contributed by atoms with Crippen molar-refractivity contribution < 1.29 is 42.4 Å². The molecule has 2 atom stereocenters. The molecule has 1 aromatic heterocycles. The number of amides is 1. The highest BCUT2D eigenvalue weighted by Gasteiger charge is 2.45. The third kappa shape index (κ3) is 4.74.